The van der Waals surface area contributed by atoms with E-state index in [0.717, 1.165) is 57.1 Å². The van der Waals surface area contributed by atoms with Crippen molar-refractivity contribution in [2.75, 3.05) is 32.8 Å². The average molecular weight is 293 g/mol. The summed E-state index contributed by atoms with van der Waals surface area (Å²) in [5, 5.41) is 3.39. The lowest BCUT2D eigenvalue weighted by molar-refractivity contribution is -0.0230. The van der Waals surface area contributed by atoms with Crippen molar-refractivity contribution in [3.05, 3.63) is 12.3 Å². The molecule has 21 heavy (non-hydrogen) atoms. The maximum absolute atomic E-state index is 12.7. The molecule has 0 aromatic heterocycles. The van der Waals surface area contributed by atoms with Crippen LogP contribution >= 0.6 is 0 Å². The van der Waals surface area contributed by atoms with Crippen molar-refractivity contribution in [2.24, 2.45) is 5.92 Å². The summed E-state index contributed by atoms with van der Waals surface area (Å²) in [6, 6.07) is 0.415. The Morgan fingerprint density at radius 3 is 2.71 bits per heavy atom. The van der Waals surface area contributed by atoms with Gasteiger partial charge in [-0.3, -0.25) is 0 Å². The third kappa shape index (κ3) is 3.18. The van der Waals surface area contributed by atoms with Crippen LogP contribution in [0.1, 0.15) is 32.6 Å². The summed E-state index contributed by atoms with van der Waals surface area (Å²) in [6.45, 7) is 10.1. The number of fused-ring (bicyclic) bond motifs is 1. The zero-order chi connectivity index (χ0) is 14.8. The molecule has 1 N–H and O–H groups in total. The quantitative estimate of drug-likeness (QED) is 0.802. The first-order valence-corrected chi connectivity index (χ1v) is 8.27. The van der Waals surface area contributed by atoms with Crippen LogP contribution in [-0.2, 0) is 4.74 Å². The smallest absolute Gasteiger partial charge is 0.320 e. The van der Waals surface area contributed by atoms with Gasteiger partial charge in [-0.25, -0.2) is 4.79 Å². The molecule has 2 amide bonds. The van der Waals surface area contributed by atoms with Gasteiger partial charge in [-0.05, 0) is 25.2 Å². The number of morpholine rings is 1. The number of urea groups is 1. The Balaban J connectivity index is 1.55. The van der Waals surface area contributed by atoms with Crippen LogP contribution in [0.5, 0.6) is 0 Å². The van der Waals surface area contributed by atoms with E-state index >= 15 is 0 Å². The maximum atomic E-state index is 12.7. The molecule has 3 aliphatic rings. The minimum atomic E-state index is 0.206. The van der Waals surface area contributed by atoms with E-state index in [1.54, 1.807) is 0 Å². The van der Waals surface area contributed by atoms with Crippen LogP contribution in [0, 0.1) is 5.92 Å². The number of carbonyl (C=O) groups is 1. The van der Waals surface area contributed by atoms with Crippen molar-refractivity contribution < 1.29 is 9.53 Å². The first-order valence-electron chi connectivity index (χ1n) is 8.27. The third-order valence-corrected chi connectivity index (χ3v) is 5.14. The number of nitrogens with one attached hydrogen (secondary N) is 1. The molecule has 5 heteroatoms. The SMILES string of the molecule is C=C1COC2CCN(C(=O)N3CCC(CC)CC3)C[C@H]2N1. The fourth-order valence-electron chi connectivity index (χ4n) is 3.69. The summed E-state index contributed by atoms with van der Waals surface area (Å²) < 4.78 is 5.78. The Morgan fingerprint density at radius 2 is 2.00 bits per heavy atom. The number of hydrogen-bond acceptors (Lipinski definition) is 3. The summed E-state index contributed by atoms with van der Waals surface area (Å²) in [6.07, 6.45) is 4.69. The van der Waals surface area contributed by atoms with Crippen molar-refractivity contribution in [1.82, 2.24) is 15.1 Å². The lowest BCUT2D eigenvalue weighted by Gasteiger charge is -2.44. The van der Waals surface area contributed by atoms with Crippen LogP contribution in [0.3, 0.4) is 0 Å². The number of rotatable bonds is 1. The van der Waals surface area contributed by atoms with Gasteiger partial charge in [0.15, 0.2) is 0 Å². The summed E-state index contributed by atoms with van der Waals surface area (Å²) in [5.74, 6) is 0.802. The highest BCUT2D eigenvalue weighted by Crippen LogP contribution is 2.24. The zero-order valence-electron chi connectivity index (χ0n) is 13.0. The molecule has 5 nitrogen and oxygen atoms in total. The number of likely N-dealkylation sites (tertiary alicyclic amines) is 2. The van der Waals surface area contributed by atoms with Gasteiger partial charge in [0.1, 0.15) is 0 Å². The number of piperidine rings is 2. The van der Waals surface area contributed by atoms with Gasteiger partial charge in [-0.15, -0.1) is 0 Å². The molecule has 3 saturated heterocycles. The molecule has 0 aliphatic carbocycles. The molecule has 0 saturated carbocycles. The van der Waals surface area contributed by atoms with Gasteiger partial charge in [-0.1, -0.05) is 19.9 Å². The van der Waals surface area contributed by atoms with E-state index in [9.17, 15) is 4.79 Å². The molecule has 3 fully saturated rings. The van der Waals surface area contributed by atoms with E-state index < -0.39 is 0 Å². The molecule has 0 radical (unpaired) electrons. The van der Waals surface area contributed by atoms with E-state index in [0.29, 0.717) is 6.61 Å². The first-order chi connectivity index (χ1) is 10.2. The molecule has 118 valence electrons. The van der Waals surface area contributed by atoms with Gasteiger partial charge < -0.3 is 19.9 Å². The molecule has 0 bridgehead atoms. The molecule has 0 aromatic carbocycles. The second-order valence-corrected chi connectivity index (χ2v) is 6.56. The summed E-state index contributed by atoms with van der Waals surface area (Å²) in [5.41, 5.74) is 0.925. The Hall–Kier alpha value is -1.23. The van der Waals surface area contributed by atoms with Crippen LogP contribution in [-0.4, -0.2) is 60.8 Å². The van der Waals surface area contributed by atoms with Crippen molar-refractivity contribution in [3.8, 4) is 0 Å². The lowest BCUT2D eigenvalue weighted by atomic mass is 9.94. The van der Waals surface area contributed by atoms with Gasteiger partial charge in [0.2, 0.25) is 0 Å². The molecule has 3 heterocycles. The van der Waals surface area contributed by atoms with Crippen LogP contribution in [0.25, 0.3) is 0 Å². The fraction of sp³-hybridized carbons (Fsp3) is 0.812. The fourth-order valence-corrected chi connectivity index (χ4v) is 3.69. The van der Waals surface area contributed by atoms with Crippen LogP contribution in [0.15, 0.2) is 12.3 Å². The Labute approximate surface area is 127 Å². The Morgan fingerprint density at radius 1 is 1.29 bits per heavy atom. The third-order valence-electron chi connectivity index (χ3n) is 5.14. The van der Waals surface area contributed by atoms with E-state index in [-0.39, 0.29) is 18.2 Å². The van der Waals surface area contributed by atoms with E-state index in [1.807, 2.05) is 9.80 Å². The van der Waals surface area contributed by atoms with Gasteiger partial charge in [0, 0.05) is 31.9 Å². The molecular formula is C16H27N3O2. The number of hydrogen-bond donors (Lipinski definition) is 1. The van der Waals surface area contributed by atoms with Crippen molar-refractivity contribution in [3.63, 3.8) is 0 Å². The largest absolute Gasteiger partial charge is 0.380 e. The molecule has 3 aliphatic heterocycles. The first kappa shape index (κ1) is 14.7. The molecule has 1 unspecified atom stereocenters. The Bertz CT molecular complexity index is 404. The molecule has 0 aromatic rings. The summed E-state index contributed by atoms with van der Waals surface area (Å²) in [7, 11) is 0. The minimum Gasteiger partial charge on any atom is -0.380 e. The van der Waals surface area contributed by atoms with Crippen molar-refractivity contribution in [1.29, 1.82) is 0 Å². The van der Waals surface area contributed by atoms with Gasteiger partial charge in [0.25, 0.3) is 0 Å². The normalized spacial score (nSPS) is 30.8. The van der Waals surface area contributed by atoms with E-state index in [2.05, 4.69) is 18.8 Å². The van der Waals surface area contributed by atoms with Crippen LogP contribution in [0.2, 0.25) is 0 Å². The molecule has 2 atom stereocenters. The van der Waals surface area contributed by atoms with E-state index in [1.165, 1.54) is 6.42 Å². The van der Waals surface area contributed by atoms with Gasteiger partial charge >= 0.3 is 6.03 Å². The number of amides is 2. The van der Waals surface area contributed by atoms with Crippen LogP contribution < -0.4 is 5.32 Å². The van der Waals surface area contributed by atoms with Gasteiger partial charge in [0.05, 0.1) is 18.8 Å². The second-order valence-electron chi connectivity index (χ2n) is 6.56. The molecule has 0 spiro atoms. The minimum absolute atomic E-state index is 0.206. The monoisotopic (exact) mass is 293 g/mol. The van der Waals surface area contributed by atoms with E-state index in [4.69, 9.17) is 4.74 Å². The predicted octanol–water partition coefficient (Wildman–Crippen LogP) is 1.80. The zero-order valence-corrected chi connectivity index (χ0v) is 13.0. The number of carbonyl (C=O) groups excluding carboxylic acids is 1. The predicted molar refractivity (Wildman–Crippen MR) is 82.0 cm³/mol. The van der Waals surface area contributed by atoms with Gasteiger partial charge in [-0.2, -0.15) is 0 Å². The lowest BCUT2D eigenvalue weighted by Crippen LogP contribution is -2.60. The summed E-state index contributed by atoms with van der Waals surface area (Å²) >= 11 is 0. The Kier molecular flexibility index (Phi) is 4.38. The highest BCUT2D eigenvalue weighted by atomic mass is 16.5. The second kappa shape index (κ2) is 6.26. The highest BCUT2D eigenvalue weighted by molar-refractivity contribution is 5.74. The maximum Gasteiger partial charge on any atom is 0.320 e. The average Bonchev–Trinajstić information content (AvgIpc) is 2.53. The molecule has 3 rings (SSSR count). The van der Waals surface area contributed by atoms with Crippen molar-refractivity contribution >= 4 is 6.03 Å². The number of ether oxygens (including phenoxy) is 1. The summed E-state index contributed by atoms with van der Waals surface area (Å²) in [4.78, 5) is 16.7. The topological polar surface area (TPSA) is 44.8 Å². The standard InChI is InChI=1S/C16H27N3O2/c1-3-13-4-7-18(8-5-13)16(20)19-9-6-15-14(10-19)17-12(2)11-21-15/h13-15,17H,2-11H2,1H3/t14-,15?/m1/s1. The van der Waals surface area contributed by atoms with Crippen molar-refractivity contribution in [2.45, 2.75) is 44.8 Å². The van der Waals surface area contributed by atoms with Crippen LogP contribution in [0.4, 0.5) is 4.79 Å². The highest BCUT2D eigenvalue weighted by Gasteiger charge is 2.36. The molecular weight excluding hydrogens is 266 g/mol. The number of nitrogens with zero attached hydrogens (tertiary/aromatic N) is 2.